The summed E-state index contributed by atoms with van der Waals surface area (Å²) in [6.45, 7) is 2.21. The maximum atomic E-state index is 14.4. The number of alkyl halides is 11. The molecule has 0 bridgehead atoms. The maximum Gasteiger partial charge on any atom is 0.460 e. The standard InChI is InChI=1S/C30H41F11/c1-2-3-4-5-20-8-14-23(15-9-20)24-16-10-21(11-17-24)6-7-22-12-18-25(19-13-22)26(31,32)27(33,34)28(35,36)29(37,38)30(39,40)41/h20-25H,2-5,8-19H2,1H3. The lowest BCUT2D eigenvalue weighted by Crippen LogP contribution is -2.67. The van der Waals surface area contributed by atoms with E-state index >= 15 is 0 Å². The van der Waals surface area contributed by atoms with Gasteiger partial charge in [0.2, 0.25) is 0 Å². The Hall–Kier alpha value is -1.21. The molecule has 238 valence electrons. The fourth-order valence-corrected chi connectivity index (χ4v) is 7.04. The van der Waals surface area contributed by atoms with Crippen molar-refractivity contribution in [2.45, 2.75) is 140 Å². The highest BCUT2D eigenvalue weighted by atomic mass is 19.4. The molecule has 3 aliphatic carbocycles. The Morgan fingerprint density at radius 3 is 1.39 bits per heavy atom. The predicted molar refractivity (Wildman–Crippen MR) is 134 cm³/mol. The Morgan fingerprint density at radius 1 is 0.512 bits per heavy atom. The molecule has 0 N–H and O–H groups in total. The van der Waals surface area contributed by atoms with Gasteiger partial charge in [0.15, 0.2) is 0 Å². The quantitative estimate of drug-likeness (QED) is 0.138. The van der Waals surface area contributed by atoms with E-state index < -0.39 is 54.5 Å². The smallest absolute Gasteiger partial charge is 0.199 e. The molecule has 0 aromatic carbocycles. The van der Waals surface area contributed by atoms with Crippen LogP contribution in [0.3, 0.4) is 0 Å². The normalized spacial score (nSPS) is 30.9. The Kier molecular flexibility index (Phi) is 11.0. The second-order valence-corrected chi connectivity index (χ2v) is 12.6. The second-order valence-electron chi connectivity index (χ2n) is 12.6. The van der Waals surface area contributed by atoms with Gasteiger partial charge in [0.25, 0.3) is 0 Å². The van der Waals surface area contributed by atoms with Crippen molar-refractivity contribution in [1.29, 1.82) is 0 Å². The van der Waals surface area contributed by atoms with Crippen LogP contribution >= 0.6 is 0 Å². The molecule has 0 atom stereocenters. The molecule has 0 aromatic rings. The van der Waals surface area contributed by atoms with Gasteiger partial charge in [0.1, 0.15) is 0 Å². The molecule has 0 aromatic heterocycles. The fourth-order valence-electron chi connectivity index (χ4n) is 7.04. The van der Waals surface area contributed by atoms with Gasteiger partial charge >= 0.3 is 29.9 Å². The van der Waals surface area contributed by atoms with Crippen LogP contribution in [-0.4, -0.2) is 29.9 Å². The van der Waals surface area contributed by atoms with Crippen LogP contribution in [0.1, 0.15) is 110 Å². The van der Waals surface area contributed by atoms with Crippen molar-refractivity contribution in [1.82, 2.24) is 0 Å². The molecule has 0 amide bonds. The number of hydrogen-bond donors (Lipinski definition) is 0. The number of rotatable bonds is 9. The first-order chi connectivity index (χ1) is 19.0. The summed E-state index contributed by atoms with van der Waals surface area (Å²) in [5.41, 5.74) is 0. The molecular formula is C30H41F11. The molecule has 0 heterocycles. The van der Waals surface area contributed by atoms with E-state index in [0.717, 1.165) is 37.5 Å². The van der Waals surface area contributed by atoms with Gasteiger partial charge in [-0.15, -0.1) is 0 Å². The van der Waals surface area contributed by atoms with Crippen LogP contribution in [0.25, 0.3) is 0 Å². The topological polar surface area (TPSA) is 0 Å². The average Bonchev–Trinajstić information content (AvgIpc) is 2.92. The van der Waals surface area contributed by atoms with Crippen LogP contribution < -0.4 is 0 Å². The van der Waals surface area contributed by atoms with Crippen molar-refractivity contribution in [3.63, 3.8) is 0 Å². The first kappa shape index (κ1) is 34.3. The fraction of sp³-hybridized carbons (Fsp3) is 0.933. The summed E-state index contributed by atoms with van der Waals surface area (Å²) in [6.07, 6.45) is 5.35. The zero-order valence-electron chi connectivity index (χ0n) is 23.4. The van der Waals surface area contributed by atoms with Crippen molar-refractivity contribution in [2.24, 2.45) is 35.5 Å². The van der Waals surface area contributed by atoms with Crippen molar-refractivity contribution >= 4 is 0 Å². The molecule has 0 spiro atoms. The third-order valence-electron chi connectivity index (χ3n) is 9.84. The van der Waals surface area contributed by atoms with Gasteiger partial charge in [-0.1, -0.05) is 57.3 Å². The summed E-state index contributed by atoms with van der Waals surface area (Å²) >= 11 is 0. The van der Waals surface area contributed by atoms with Gasteiger partial charge in [-0.3, -0.25) is 0 Å². The Morgan fingerprint density at radius 2 is 0.951 bits per heavy atom. The molecule has 11 heteroatoms. The van der Waals surface area contributed by atoms with Gasteiger partial charge in [0.05, 0.1) is 0 Å². The summed E-state index contributed by atoms with van der Waals surface area (Å²) in [5, 5.41) is 0. The van der Waals surface area contributed by atoms with Gasteiger partial charge in [-0.2, -0.15) is 48.3 Å². The van der Waals surface area contributed by atoms with E-state index in [9.17, 15) is 48.3 Å². The van der Waals surface area contributed by atoms with Gasteiger partial charge in [0, 0.05) is 17.8 Å². The van der Waals surface area contributed by atoms with Crippen molar-refractivity contribution in [3.05, 3.63) is 0 Å². The van der Waals surface area contributed by atoms with E-state index in [2.05, 4.69) is 18.8 Å². The molecule has 0 unspecified atom stereocenters. The lowest BCUT2D eigenvalue weighted by atomic mass is 9.68. The Balaban J connectivity index is 1.47. The van der Waals surface area contributed by atoms with E-state index in [1.54, 1.807) is 0 Å². The van der Waals surface area contributed by atoms with Crippen molar-refractivity contribution in [3.8, 4) is 11.8 Å². The van der Waals surface area contributed by atoms with Crippen molar-refractivity contribution < 1.29 is 48.3 Å². The molecule has 0 nitrogen and oxygen atoms in total. The van der Waals surface area contributed by atoms with E-state index in [-0.39, 0.29) is 18.8 Å². The largest absolute Gasteiger partial charge is 0.460 e. The lowest BCUT2D eigenvalue weighted by Gasteiger charge is -2.41. The molecule has 3 saturated carbocycles. The molecule has 0 aliphatic heterocycles. The summed E-state index contributed by atoms with van der Waals surface area (Å²) in [4.78, 5) is 0. The molecule has 3 aliphatic rings. The predicted octanol–water partition coefficient (Wildman–Crippen LogP) is 11.1. The zero-order valence-corrected chi connectivity index (χ0v) is 23.4. The molecular weight excluding hydrogens is 569 g/mol. The third kappa shape index (κ3) is 7.30. The van der Waals surface area contributed by atoms with E-state index in [0.29, 0.717) is 5.92 Å². The molecule has 0 radical (unpaired) electrons. The van der Waals surface area contributed by atoms with E-state index in [4.69, 9.17) is 0 Å². The first-order valence-electron chi connectivity index (χ1n) is 15.0. The van der Waals surface area contributed by atoms with Crippen LogP contribution in [0, 0.1) is 47.3 Å². The highest BCUT2D eigenvalue weighted by Crippen LogP contribution is 2.60. The van der Waals surface area contributed by atoms with E-state index in [1.165, 1.54) is 51.4 Å². The summed E-state index contributed by atoms with van der Waals surface area (Å²) in [5.74, 6) is -21.7. The van der Waals surface area contributed by atoms with Crippen LogP contribution in [0.4, 0.5) is 48.3 Å². The minimum atomic E-state index is -7.33. The average molecular weight is 611 g/mol. The molecule has 3 rings (SSSR count). The van der Waals surface area contributed by atoms with Crippen molar-refractivity contribution in [2.75, 3.05) is 0 Å². The highest BCUT2D eigenvalue weighted by Gasteiger charge is 2.87. The Bertz CT molecular complexity index is 874. The monoisotopic (exact) mass is 610 g/mol. The molecule has 0 saturated heterocycles. The number of unbranched alkanes of at least 4 members (excludes halogenated alkanes) is 2. The number of halogens is 11. The van der Waals surface area contributed by atoms with Gasteiger partial charge in [-0.25, -0.2) is 0 Å². The highest BCUT2D eigenvalue weighted by molar-refractivity contribution is 5.12. The lowest BCUT2D eigenvalue weighted by molar-refractivity contribution is -0.427. The maximum absolute atomic E-state index is 14.4. The van der Waals surface area contributed by atoms with E-state index in [1.807, 2.05) is 0 Å². The molecule has 3 fully saturated rings. The van der Waals surface area contributed by atoms with Gasteiger partial charge in [-0.05, 0) is 82.0 Å². The SMILES string of the molecule is CCCCCC1CCC(C2CCC(C#CC3CCC(C(F)(F)C(F)(F)C(F)(F)C(F)(F)C(F)(F)F)CC3)CC2)CC1. The first-order valence-corrected chi connectivity index (χ1v) is 15.0. The second kappa shape index (κ2) is 13.2. The number of hydrogen-bond acceptors (Lipinski definition) is 0. The third-order valence-corrected chi connectivity index (χ3v) is 9.84. The Labute approximate surface area is 235 Å². The molecule has 41 heavy (non-hydrogen) atoms. The van der Waals surface area contributed by atoms with Crippen LogP contribution in [0.15, 0.2) is 0 Å². The summed E-state index contributed by atoms with van der Waals surface area (Å²) in [6, 6.07) is 0. The van der Waals surface area contributed by atoms with Crippen LogP contribution in [-0.2, 0) is 0 Å². The summed E-state index contributed by atoms with van der Waals surface area (Å²) in [7, 11) is 0. The van der Waals surface area contributed by atoms with Crippen LogP contribution in [0.2, 0.25) is 0 Å². The summed E-state index contributed by atoms with van der Waals surface area (Å²) < 4.78 is 147. The van der Waals surface area contributed by atoms with Crippen LogP contribution in [0.5, 0.6) is 0 Å². The zero-order chi connectivity index (χ0) is 30.7. The minimum absolute atomic E-state index is 0.128. The minimum Gasteiger partial charge on any atom is -0.199 e. The van der Waals surface area contributed by atoms with Gasteiger partial charge < -0.3 is 0 Å².